The molecule has 8 nitrogen and oxygen atoms in total. The molecule has 0 unspecified atom stereocenters. The molecule has 0 spiro atoms. The van der Waals surface area contributed by atoms with Gasteiger partial charge in [0.15, 0.2) is 0 Å². The number of imide groups is 1. The molecule has 1 aromatic heterocycles. The van der Waals surface area contributed by atoms with Gasteiger partial charge in [-0.25, -0.2) is 0 Å². The second-order valence-electron chi connectivity index (χ2n) is 5.57. The van der Waals surface area contributed by atoms with Crippen LogP contribution in [-0.4, -0.2) is 32.9 Å². The number of pyridine rings is 1. The fourth-order valence-electron chi connectivity index (χ4n) is 2.91. The van der Waals surface area contributed by atoms with Crippen molar-refractivity contribution >= 4 is 34.5 Å². The molecule has 0 atom stereocenters. The van der Waals surface area contributed by atoms with Gasteiger partial charge in [-0.2, -0.15) is 10.1 Å². The summed E-state index contributed by atoms with van der Waals surface area (Å²) in [5.41, 5.74) is 0.868. The molecule has 4 rings (SSSR count). The molecule has 0 fully saturated rings. The first kappa shape index (κ1) is 15.6. The van der Waals surface area contributed by atoms with E-state index in [1.807, 2.05) is 0 Å². The van der Waals surface area contributed by atoms with Gasteiger partial charge in [0.25, 0.3) is 17.5 Å². The number of non-ortho nitro benzene ring substituents is 1. The van der Waals surface area contributed by atoms with Crippen LogP contribution in [0.15, 0.2) is 60.0 Å². The molecule has 0 saturated heterocycles. The van der Waals surface area contributed by atoms with Crippen molar-refractivity contribution in [3.05, 3.63) is 81.7 Å². The van der Waals surface area contributed by atoms with Crippen LogP contribution in [0, 0.1) is 10.1 Å². The van der Waals surface area contributed by atoms with E-state index in [1.165, 1.54) is 30.5 Å². The first-order chi connectivity index (χ1) is 12.6. The summed E-state index contributed by atoms with van der Waals surface area (Å²) >= 11 is 0. The molecule has 126 valence electrons. The molecule has 0 saturated carbocycles. The highest BCUT2D eigenvalue weighted by Gasteiger charge is 2.34. The third-order valence-electron chi connectivity index (χ3n) is 4.07. The number of rotatable bonds is 3. The Kier molecular flexibility index (Phi) is 3.51. The van der Waals surface area contributed by atoms with Crippen molar-refractivity contribution in [3.63, 3.8) is 0 Å². The maximum atomic E-state index is 12.7. The van der Waals surface area contributed by atoms with Gasteiger partial charge in [-0.15, -0.1) is 0 Å². The minimum Gasteiger partial charge on any atom is -0.267 e. The largest absolute Gasteiger partial charge is 0.282 e. The van der Waals surface area contributed by atoms with Gasteiger partial charge in [-0.3, -0.25) is 24.7 Å². The smallest absolute Gasteiger partial charge is 0.267 e. The number of aromatic nitrogens is 1. The second kappa shape index (κ2) is 5.85. The Morgan fingerprint density at radius 1 is 1.04 bits per heavy atom. The molecule has 1 aliphatic heterocycles. The number of hydrazone groups is 1. The van der Waals surface area contributed by atoms with Gasteiger partial charge in [0, 0.05) is 29.4 Å². The molecule has 0 aliphatic carbocycles. The third-order valence-corrected chi connectivity index (χ3v) is 4.07. The van der Waals surface area contributed by atoms with E-state index in [1.54, 1.807) is 30.6 Å². The number of nitrogens with zero attached hydrogens (tertiary/aromatic N) is 4. The maximum absolute atomic E-state index is 12.7. The number of carbonyl (C=O) groups excluding carboxylic acids is 2. The normalized spacial score (nSPS) is 13.6. The van der Waals surface area contributed by atoms with Crippen LogP contribution in [0.5, 0.6) is 0 Å². The highest BCUT2D eigenvalue weighted by Crippen LogP contribution is 2.35. The Labute approximate surface area is 146 Å². The van der Waals surface area contributed by atoms with Gasteiger partial charge in [-0.05, 0) is 24.3 Å². The van der Waals surface area contributed by atoms with Crippen LogP contribution in [-0.2, 0) is 0 Å². The number of nitro groups is 1. The average molecular weight is 346 g/mol. The third kappa shape index (κ3) is 2.32. The molecule has 2 aromatic carbocycles. The number of benzene rings is 2. The lowest BCUT2D eigenvalue weighted by atomic mass is 9.94. The van der Waals surface area contributed by atoms with Gasteiger partial charge < -0.3 is 0 Å². The van der Waals surface area contributed by atoms with Crippen LogP contribution in [0.2, 0.25) is 0 Å². The van der Waals surface area contributed by atoms with Gasteiger partial charge in [-0.1, -0.05) is 12.1 Å². The summed E-state index contributed by atoms with van der Waals surface area (Å²) in [6.07, 6.45) is 4.50. The molecular weight excluding hydrogens is 336 g/mol. The topological polar surface area (TPSA) is 106 Å². The molecule has 1 aliphatic rings. The van der Waals surface area contributed by atoms with Crippen molar-refractivity contribution in [2.45, 2.75) is 0 Å². The summed E-state index contributed by atoms with van der Waals surface area (Å²) < 4.78 is 0. The van der Waals surface area contributed by atoms with E-state index < -0.39 is 16.7 Å². The molecule has 0 N–H and O–H groups in total. The van der Waals surface area contributed by atoms with Crippen LogP contribution in [0.1, 0.15) is 26.3 Å². The minimum absolute atomic E-state index is 0.154. The quantitative estimate of drug-likeness (QED) is 0.314. The van der Waals surface area contributed by atoms with E-state index in [-0.39, 0.29) is 27.6 Å². The summed E-state index contributed by atoms with van der Waals surface area (Å²) in [4.78, 5) is 40.1. The monoisotopic (exact) mass is 346 g/mol. The molecule has 26 heavy (non-hydrogen) atoms. The minimum atomic E-state index is -0.631. The number of amides is 2. The highest BCUT2D eigenvalue weighted by atomic mass is 16.6. The molecule has 3 aromatic rings. The first-order valence-electron chi connectivity index (χ1n) is 7.61. The zero-order valence-corrected chi connectivity index (χ0v) is 13.2. The van der Waals surface area contributed by atoms with Crippen LogP contribution in [0.4, 0.5) is 5.69 Å². The molecule has 0 bridgehead atoms. The number of hydrogen-bond donors (Lipinski definition) is 0. The lowest BCUT2D eigenvalue weighted by Gasteiger charge is -2.22. The molecule has 2 heterocycles. The maximum Gasteiger partial charge on any atom is 0.282 e. The summed E-state index contributed by atoms with van der Waals surface area (Å²) in [6, 6.07) is 10.6. The van der Waals surface area contributed by atoms with Crippen molar-refractivity contribution in [2.75, 3.05) is 0 Å². The van der Waals surface area contributed by atoms with Crippen molar-refractivity contribution in [1.82, 2.24) is 9.99 Å². The highest BCUT2D eigenvalue weighted by molar-refractivity contribution is 6.26. The molecule has 8 heteroatoms. The number of nitro benzene ring substituents is 1. The lowest BCUT2D eigenvalue weighted by molar-refractivity contribution is -0.383. The van der Waals surface area contributed by atoms with E-state index in [2.05, 4.69) is 10.1 Å². The predicted molar refractivity (Wildman–Crippen MR) is 92.9 cm³/mol. The molecule has 0 radical (unpaired) electrons. The Morgan fingerprint density at radius 2 is 1.81 bits per heavy atom. The SMILES string of the molecule is O=C1c2cccc3c([N+](=O)[O-])ccc(c23)C(=O)N1/N=C\c1cccnc1. The van der Waals surface area contributed by atoms with Gasteiger partial charge in [0.1, 0.15) is 0 Å². The van der Waals surface area contributed by atoms with Crippen LogP contribution >= 0.6 is 0 Å². The molecule has 2 amide bonds. The van der Waals surface area contributed by atoms with Crippen LogP contribution < -0.4 is 0 Å². The zero-order valence-electron chi connectivity index (χ0n) is 13.2. The summed E-state index contributed by atoms with van der Waals surface area (Å²) in [5.74, 6) is -1.26. The Morgan fingerprint density at radius 3 is 2.50 bits per heavy atom. The Bertz CT molecular complexity index is 1090. The second-order valence-corrected chi connectivity index (χ2v) is 5.57. The van der Waals surface area contributed by atoms with Gasteiger partial charge in [0.05, 0.1) is 27.7 Å². The van der Waals surface area contributed by atoms with Gasteiger partial charge in [0.2, 0.25) is 0 Å². The standard InChI is InChI=1S/C18H10N4O4/c23-17-13-5-1-4-12-15(22(25)26)7-6-14(16(12)13)18(24)21(17)20-10-11-3-2-8-19-9-11/h1-10H/b20-10-. The van der Waals surface area contributed by atoms with E-state index in [0.29, 0.717) is 5.56 Å². The predicted octanol–water partition coefficient (Wildman–Crippen LogP) is 2.77. The first-order valence-corrected chi connectivity index (χ1v) is 7.61. The Hall–Kier alpha value is -3.94. The summed E-state index contributed by atoms with van der Waals surface area (Å²) in [5, 5.41) is 16.5. The van der Waals surface area contributed by atoms with Crippen molar-refractivity contribution < 1.29 is 14.5 Å². The van der Waals surface area contributed by atoms with Gasteiger partial charge >= 0.3 is 0 Å². The summed E-state index contributed by atoms with van der Waals surface area (Å²) in [6.45, 7) is 0. The van der Waals surface area contributed by atoms with E-state index in [0.717, 1.165) is 5.01 Å². The van der Waals surface area contributed by atoms with E-state index in [9.17, 15) is 19.7 Å². The van der Waals surface area contributed by atoms with Crippen molar-refractivity contribution in [2.24, 2.45) is 5.10 Å². The van der Waals surface area contributed by atoms with E-state index >= 15 is 0 Å². The van der Waals surface area contributed by atoms with Crippen LogP contribution in [0.25, 0.3) is 10.8 Å². The van der Waals surface area contributed by atoms with Crippen LogP contribution in [0.3, 0.4) is 0 Å². The molecular formula is C18H10N4O4. The average Bonchev–Trinajstić information content (AvgIpc) is 2.66. The number of carbonyl (C=O) groups is 2. The van der Waals surface area contributed by atoms with Crippen molar-refractivity contribution in [1.29, 1.82) is 0 Å². The van der Waals surface area contributed by atoms with E-state index in [4.69, 9.17) is 0 Å². The fourth-order valence-corrected chi connectivity index (χ4v) is 2.91. The van der Waals surface area contributed by atoms with Crippen molar-refractivity contribution in [3.8, 4) is 0 Å². The number of hydrogen-bond acceptors (Lipinski definition) is 6. The Balaban J connectivity index is 1.86. The summed E-state index contributed by atoms with van der Waals surface area (Å²) in [7, 11) is 0. The fraction of sp³-hybridized carbons (Fsp3) is 0. The lowest BCUT2D eigenvalue weighted by Crippen LogP contribution is -2.36. The zero-order chi connectivity index (χ0) is 18.3.